The van der Waals surface area contributed by atoms with E-state index in [4.69, 9.17) is 38.4 Å². The second kappa shape index (κ2) is 10.7. The van der Waals surface area contributed by atoms with Crippen LogP contribution in [-0.4, -0.2) is 44.8 Å². The van der Waals surface area contributed by atoms with Crippen molar-refractivity contribution >= 4 is 35.0 Å². The number of hydrogen-bond donors (Lipinski definition) is 3. The van der Waals surface area contributed by atoms with Crippen LogP contribution in [0.2, 0.25) is 10.0 Å². The fourth-order valence-corrected chi connectivity index (χ4v) is 2.76. The maximum absolute atomic E-state index is 6.04. The van der Waals surface area contributed by atoms with E-state index in [2.05, 4.69) is 20.6 Å². The SMILES string of the molecule is COc1ccc(CCN=C(N)NCCNc2ncc(Cl)cc2Cl)cc1OC. The third-order valence-corrected chi connectivity index (χ3v) is 4.16. The summed E-state index contributed by atoms with van der Waals surface area (Å²) in [5.41, 5.74) is 6.97. The molecule has 1 heterocycles. The van der Waals surface area contributed by atoms with E-state index in [1.165, 1.54) is 6.20 Å². The molecule has 0 fully saturated rings. The van der Waals surface area contributed by atoms with Crippen LogP contribution in [0.25, 0.3) is 0 Å². The number of hydrogen-bond acceptors (Lipinski definition) is 5. The minimum atomic E-state index is 0.382. The van der Waals surface area contributed by atoms with Crippen molar-refractivity contribution in [1.29, 1.82) is 0 Å². The highest BCUT2D eigenvalue weighted by molar-refractivity contribution is 6.35. The number of rotatable bonds is 9. The third kappa shape index (κ3) is 6.69. The van der Waals surface area contributed by atoms with Crippen LogP contribution >= 0.6 is 23.2 Å². The first-order valence-electron chi connectivity index (χ1n) is 8.33. The molecule has 0 aliphatic carbocycles. The normalized spacial score (nSPS) is 11.2. The van der Waals surface area contributed by atoms with E-state index in [0.29, 0.717) is 53.0 Å². The molecule has 27 heavy (non-hydrogen) atoms. The number of halogens is 2. The summed E-state index contributed by atoms with van der Waals surface area (Å²) in [5.74, 6) is 2.36. The van der Waals surface area contributed by atoms with E-state index in [-0.39, 0.29) is 0 Å². The number of methoxy groups -OCH3 is 2. The molecule has 0 aliphatic heterocycles. The minimum absolute atomic E-state index is 0.382. The van der Waals surface area contributed by atoms with Crippen LogP contribution in [0.15, 0.2) is 35.5 Å². The van der Waals surface area contributed by atoms with Crippen LogP contribution in [0.3, 0.4) is 0 Å². The lowest BCUT2D eigenvalue weighted by molar-refractivity contribution is 0.354. The number of nitrogens with zero attached hydrogens (tertiary/aromatic N) is 2. The van der Waals surface area contributed by atoms with Gasteiger partial charge in [-0.2, -0.15) is 0 Å². The van der Waals surface area contributed by atoms with Gasteiger partial charge in [0.2, 0.25) is 0 Å². The van der Waals surface area contributed by atoms with E-state index in [9.17, 15) is 0 Å². The minimum Gasteiger partial charge on any atom is -0.493 e. The summed E-state index contributed by atoms with van der Waals surface area (Å²) in [6.45, 7) is 1.72. The third-order valence-electron chi connectivity index (χ3n) is 3.66. The Morgan fingerprint density at radius 1 is 1.15 bits per heavy atom. The van der Waals surface area contributed by atoms with Gasteiger partial charge < -0.3 is 25.8 Å². The zero-order chi connectivity index (χ0) is 19.6. The fraction of sp³-hybridized carbons (Fsp3) is 0.333. The Hall–Kier alpha value is -2.38. The molecule has 0 aliphatic rings. The van der Waals surface area contributed by atoms with Gasteiger partial charge in [0.25, 0.3) is 0 Å². The van der Waals surface area contributed by atoms with Crippen LogP contribution < -0.4 is 25.8 Å². The molecule has 0 spiro atoms. The van der Waals surface area contributed by atoms with E-state index in [1.54, 1.807) is 20.3 Å². The topological polar surface area (TPSA) is 93.8 Å². The van der Waals surface area contributed by atoms with Crippen molar-refractivity contribution in [1.82, 2.24) is 10.3 Å². The zero-order valence-corrected chi connectivity index (χ0v) is 16.8. The summed E-state index contributed by atoms with van der Waals surface area (Å²) in [4.78, 5) is 8.44. The number of aromatic nitrogens is 1. The van der Waals surface area contributed by atoms with Gasteiger partial charge in [0, 0.05) is 25.8 Å². The first-order chi connectivity index (χ1) is 13.0. The number of guanidine groups is 1. The Labute approximate surface area is 168 Å². The lowest BCUT2D eigenvalue weighted by atomic mass is 10.1. The van der Waals surface area contributed by atoms with Crippen molar-refractivity contribution in [2.24, 2.45) is 10.7 Å². The molecular formula is C18H23Cl2N5O2. The Kier molecular flexibility index (Phi) is 8.29. The lowest BCUT2D eigenvalue weighted by Gasteiger charge is -2.10. The van der Waals surface area contributed by atoms with Crippen molar-refractivity contribution in [3.63, 3.8) is 0 Å². The molecule has 146 valence electrons. The fourth-order valence-electron chi connectivity index (χ4n) is 2.31. The highest BCUT2D eigenvalue weighted by Crippen LogP contribution is 2.27. The van der Waals surface area contributed by atoms with Gasteiger partial charge in [0.05, 0.1) is 24.3 Å². The number of nitrogens with two attached hydrogens (primary N) is 1. The molecule has 0 saturated heterocycles. The first-order valence-corrected chi connectivity index (χ1v) is 9.08. The standard InChI is InChI=1S/C18H23Cl2N5O2/c1-26-15-4-3-12(9-16(15)27-2)5-6-23-18(21)24-8-7-22-17-14(20)10-13(19)11-25-17/h3-4,9-11H,5-8H2,1-2H3,(H,22,25)(H3,21,23,24). The average Bonchev–Trinajstić information content (AvgIpc) is 2.66. The summed E-state index contributed by atoms with van der Waals surface area (Å²) in [6, 6.07) is 7.43. The zero-order valence-electron chi connectivity index (χ0n) is 15.3. The van der Waals surface area contributed by atoms with Gasteiger partial charge in [-0.05, 0) is 30.2 Å². The predicted octanol–water partition coefficient (Wildman–Crippen LogP) is 2.96. The van der Waals surface area contributed by atoms with Gasteiger partial charge in [-0.1, -0.05) is 29.3 Å². The first kappa shape index (κ1) is 20.9. The predicted molar refractivity (Wildman–Crippen MR) is 110 cm³/mol. The second-order valence-corrected chi connectivity index (χ2v) is 6.39. The Balaban J connectivity index is 1.73. The van der Waals surface area contributed by atoms with Gasteiger partial charge in [-0.15, -0.1) is 0 Å². The number of nitrogens with one attached hydrogen (secondary N) is 2. The van der Waals surface area contributed by atoms with Gasteiger partial charge in [0.1, 0.15) is 5.82 Å². The van der Waals surface area contributed by atoms with Crippen molar-refractivity contribution in [2.45, 2.75) is 6.42 Å². The van der Waals surface area contributed by atoms with E-state index >= 15 is 0 Å². The maximum Gasteiger partial charge on any atom is 0.188 e. The van der Waals surface area contributed by atoms with Gasteiger partial charge in [-0.3, -0.25) is 4.99 Å². The molecular weight excluding hydrogens is 389 g/mol. The second-order valence-electron chi connectivity index (χ2n) is 5.54. The molecule has 1 aromatic carbocycles. The number of anilines is 1. The van der Waals surface area contributed by atoms with Gasteiger partial charge in [0.15, 0.2) is 17.5 Å². The van der Waals surface area contributed by atoms with Gasteiger partial charge >= 0.3 is 0 Å². The number of benzene rings is 1. The molecule has 4 N–H and O–H groups in total. The monoisotopic (exact) mass is 411 g/mol. The van der Waals surface area contributed by atoms with E-state index in [0.717, 1.165) is 12.0 Å². The van der Waals surface area contributed by atoms with E-state index < -0.39 is 0 Å². The van der Waals surface area contributed by atoms with Crippen LogP contribution in [0.4, 0.5) is 5.82 Å². The average molecular weight is 412 g/mol. The molecule has 1 aromatic heterocycles. The highest BCUT2D eigenvalue weighted by Gasteiger charge is 2.04. The number of pyridine rings is 1. The van der Waals surface area contributed by atoms with Crippen molar-refractivity contribution in [3.8, 4) is 11.5 Å². The highest BCUT2D eigenvalue weighted by atomic mass is 35.5. The summed E-state index contributed by atoms with van der Waals surface area (Å²) in [5, 5.41) is 7.10. The van der Waals surface area contributed by atoms with Crippen molar-refractivity contribution in [3.05, 3.63) is 46.1 Å². The smallest absolute Gasteiger partial charge is 0.188 e. The Morgan fingerprint density at radius 3 is 2.63 bits per heavy atom. The summed E-state index contributed by atoms with van der Waals surface area (Å²) in [6.07, 6.45) is 2.28. The molecule has 0 saturated carbocycles. The van der Waals surface area contributed by atoms with Crippen LogP contribution in [0.1, 0.15) is 5.56 Å². The largest absolute Gasteiger partial charge is 0.493 e. The van der Waals surface area contributed by atoms with E-state index in [1.807, 2.05) is 18.2 Å². The molecule has 0 atom stereocenters. The maximum atomic E-state index is 6.04. The Morgan fingerprint density at radius 2 is 1.93 bits per heavy atom. The molecule has 2 aromatic rings. The van der Waals surface area contributed by atoms with Crippen LogP contribution in [0, 0.1) is 0 Å². The van der Waals surface area contributed by atoms with Crippen molar-refractivity contribution in [2.75, 3.05) is 39.2 Å². The summed E-state index contributed by atoms with van der Waals surface area (Å²) in [7, 11) is 3.22. The lowest BCUT2D eigenvalue weighted by Crippen LogP contribution is -2.35. The number of ether oxygens (including phenoxy) is 2. The van der Waals surface area contributed by atoms with Crippen LogP contribution in [-0.2, 0) is 6.42 Å². The molecule has 0 bridgehead atoms. The molecule has 0 amide bonds. The number of aliphatic imine (C=N–C) groups is 1. The quantitative estimate of drug-likeness (QED) is 0.333. The Bertz CT molecular complexity index is 786. The summed E-state index contributed by atoms with van der Waals surface area (Å²) >= 11 is 11.9. The summed E-state index contributed by atoms with van der Waals surface area (Å²) < 4.78 is 10.5. The molecule has 0 unspecified atom stereocenters. The molecule has 9 heteroatoms. The van der Waals surface area contributed by atoms with Crippen molar-refractivity contribution < 1.29 is 9.47 Å². The van der Waals surface area contributed by atoms with Crippen LogP contribution in [0.5, 0.6) is 11.5 Å². The molecule has 7 nitrogen and oxygen atoms in total. The molecule has 2 rings (SSSR count). The molecule has 0 radical (unpaired) electrons. The van der Waals surface area contributed by atoms with Gasteiger partial charge in [-0.25, -0.2) is 4.98 Å².